The van der Waals surface area contributed by atoms with Crippen LogP contribution in [0.25, 0.3) is 5.69 Å². The normalized spacial score (nSPS) is 15.1. The number of anilines is 2. The van der Waals surface area contributed by atoms with Gasteiger partial charge in [-0.25, -0.2) is 0 Å². The number of ether oxygens (including phenoxy) is 2. The maximum absolute atomic E-state index is 12.7. The summed E-state index contributed by atoms with van der Waals surface area (Å²) in [4.78, 5) is 14.9. The van der Waals surface area contributed by atoms with Crippen molar-refractivity contribution in [2.24, 2.45) is 0 Å². The number of hydrogen-bond donors (Lipinski definition) is 1. The number of carbonyl (C=O) groups excluding carboxylic acids is 1. The molecule has 0 spiro atoms. The highest BCUT2D eigenvalue weighted by molar-refractivity contribution is 8.00. The van der Waals surface area contributed by atoms with Crippen molar-refractivity contribution >= 4 is 29.0 Å². The molecule has 1 N–H and O–H groups in total. The van der Waals surface area contributed by atoms with E-state index < -0.39 is 11.6 Å². The number of thioether (sulfide) groups is 1. The van der Waals surface area contributed by atoms with Gasteiger partial charge >= 0.3 is 6.36 Å². The Morgan fingerprint density at radius 1 is 1.09 bits per heavy atom. The number of rotatable bonds is 7. The molecule has 1 saturated heterocycles. The minimum atomic E-state index is -4.77. The van der Waals surface area contributed by atoms with E-state index in [0.717, 1.165) is 42.7 Å². The van der Waals surface area contributed by atoms with Crippen molar-refractivity contribution in [3.63, 3.8) is 0 Å². The smallest absolute Gasteiger partial charge is 0.406 e. The molecule has 0 radical (unpaired) electrons. The minimum Gasteiger partial charge on any atom is -0.406 e. The van der Waals surface area contributed by atoms with Gasteiger partial charge in [-0.15, -0.1) is 18.3 Å². The number of alkyl halides is 3. The lowest BCUT2D eigenvalue weighted by Crippen LogP contribution is -2.36. The van der Waals surface area contributed by atoms with E-state index in [1.54, 1.807) is 6.92 Å². The summed E-state index contributed by atoms with van der Waals surface area (Å²) in [5, 5.41) is 14.0. The summed E-state index contributed by atoms with van der Waals surface area (Å²) in [6, 6.07) is 12.7. The molecule has 9 nitrogen and oxygen atoms in total. The van der Waals surface area contributed by atoms with Crippen LogP contribution in [0.5, 0.6) is 5.75 Å². The summed E-state index contributed by atoms with van der Waals surface area (Å²) in [6.45, 7) is 4.75. The summed E-state index contributed by atoms with van der Waals surface area (Å²) in [5.41, 5.74) is 2.15. The molecule has 1 aromatic heterocycles. The molecule has 34 heavy (non-hydrogen) atoms. The van der Waals surface area contributed by atoms with Crippen molar-refractivity contribution in [1.29, 1.82) is 0 Å². The van der Waals surface area contributed by atoms with E-state index >= 15 is 0 Å². The van der Waals surface area contributed by atoms with Gasteiger partial charge in [0.1, 0.15) is 5.75 Å². The zero-order valence-electron chi connectivity index (χ0n) is 18.0. The van der Waals surface area contributed by atoms with E-state index in [2.05, 4.69) is 30.5 Å². The molecular formula is C21H21F3N6O3S. The number of aromatic nitrogens is 4. The first-order valence-electron chi connectivity index (χ1n) is 10.3. The average Bonchev–Trinajstić information content (AvgIpc) is 3.27. The largest absolute Gasteiger partial charge is 0.573 e. The van der Waals surface area contributed by atoms with Gasteiger partial charge in [0.25, 0.3) is 0 Å². The molecule has 2 aromatic carbocycles. The van der Waals surface area contributed by atoms with Crippen molar-refractivity contribution in [1.82, 2.24) is 20.2 Å². The molecule has 0 aliphatic carbocycles. The molecule has 0 saturated carbocycles. The number of morpholine rings is 1. The molecule has 180 valence electrons. The van der Waals surface area contributed by atoms with E-state index in [4.69, 9.17) is 4.74 Å². The Morgan fingerprint density at radius 3 is 2.38 bits per heavy atom. The number of tetrazole rings is 1. The van der Waals surface area contributed by atoms with Crippen molar-refractivity contribution in [2.45, 2.75) is 23.7 Å². The van der Waals surface area contributed by atoms with E-state index in [0.29, 0.717) is 29.7 Å². The van der Waals surface area contributed by atoms with Crippen LogP contribution < -0.4 is 15.0 Å². The van der Waals surface area contributed by atoms with Crippen molar-refractivity contribution < 1.29 is 27.4 Å². The van der Waals surface area contributed by atoms with E-state index in [1.807, 2.05) is 24.3 Å². The molecule has 3 aromatic rings. The third-order valence-corrected chi connectivity index (χ3v) is 5.95. The standard InChI is InChI=1S/C21H21F3N6O3S/c1-14(19(31)25-15-2-4-16(5-3-15)29-10-12-32-13-11-29)34-20-26-27-28-30(20)17-6-8-18(9-7-17)33-21(22,23)24/h2-9,14H,10-13H2,1H3,(H,25,31)/t14-/m0/s1. The zero-order chi connectivity index (χ0) is 24.1. The predicted molar refractivity (Wildman–Crippen MR) is 119 cm³/mol. The van der Waals surface area contributed by atoms with Gasteiger partial charge in [0.15, 0.2) is 0 Å². The number of amides is 1. The molecule has 1 amide bonds. The lowest BCUT2D eigenvalue weighted by Gasteiger charge is -2.28. The quantitative estimate of drug-likeness (QED) is 0.499. The highest BCUT2D eigenvalue weighted by atomic mass is 32.2. The van der Waals surface area contributed by atoms with Crippen LogP contribution in [0.4, 0.5) is 24.5 Å². The van der Waals surface area contributed by atoms with Gasteiger partial charge in [0, 0.05) is 24.5 Å². The monoisotopic (exact) mass is 494 g/mol. The van der Waals surface area contributed by atoms with Gasteiger partial charge < -0.3 is 19.7 Å². The van der Waals surface area contributed by atoms with Crippen LogP contribution in [0.2, 0.25) is 0 Å². The van der Waals surface area contributed by atoms with E-state index in [-0.39, 0.29) is 11.7 Å². The first-order chi connectivity index (χ1) is 16.3. The fraction of sp³-hybridized carbons (Fsp3) is 0.333. The van der Waals surface area contributed by atoms with Crippen LogP contribution in [0.3, 0.4) is 0 Å². The second-order valence-electron chi connectivity index (χ2n) is 7.31. The van der Waals surface area contributed by atoms with E-state index in [1.165, 1.54) is 16.8 Å². The maximum atomic E-state index is 12.7. The molecule has 13 heteroatoms. The molecule has 0 bridgehead atoms. The van der Waals surface area contributed by atoms with Crippen LogP contribution >= 0.6 is 11.8 Å². The molecule has 1 aliphatic rings. The molecule has 1 fully saturated rings. The minimum absolute atomic E-state index is 0.243. The van der Waals surface area contributed by atoms with Gasteiger partial charge in [-0.1, -0.05) is 11.8 Å². The molecule has 4 rings (SSSR count). The topological polar surface area (TPSA) is 94.4 Å². The number of hydrogen-bond acceptors (Lipinski definition) is 8. The fourth-order valence-electron chi connectivity index (χ4n) is 3.24. The molecular weight excluding hydrogens is 473 g/mol. The fourth-order valence-corrected chi connectivity index (χ4v) is 4.04. The number of carbonyl (C=O) groups is 1. The van der Waals surface area contributed by atoms with E-state index in [9.17, 15) is 18.0 Å². The van der Waals surface area contributed by atoms with Gasteiger partial charge in [0.2, 0.25) is 11.1 Å². The SMILES string of the molecule is C[C@H](Sc1nnnn1-c1ccc(OC(F)(F)F)cc1)C(=O)Nc1ccc(N2CCOCC2)cc1. The number of nitrogens with one attached hydrogen (secondary N) is 1. The number of halogens is 3. The summed E-state index contributed by atoms with van der Waals surface area (Å²) in [6.07, 6.45) is -4.77. The lowest BCUT2D eigenvalue weighted by molar-refractivity contribution is -0.274. The van der Waals surface area contributed by atoms with Gasteiger partial charge in [0.05, 0.1) is 24.2 Å². The third-order valence-electron chi connectivity index (χ3n) is 4.92. The van der Waals surface area contributed by atoms with Crippen molar-refractivity contribution in [3.8, 4) is 11.4 Å². The van der Waals surface area contributed by atoms with Crippen LogP contribution in [0.1, 0.15) is 6.92 Å². The van der Waals surface area contributed by atoms with Crippen LogP contribution in [-0.4, -0.2) is 64.0 Å². The van der Waals surface area contributed by atoms with Gasteiger partial charge in [-0.05, 0) is 65.9 Å². The van der Waals surface area contributed by atoms with Gasteiger partial charge in [-0.3, -0.25) is 4.79 Å². The summed E-state index contributed by atoms with van der Waals surface area (Å²) in [5.74, 6) is -0.599. The van der Waals surface area contributed by atoms with Crippen molar-refractivity contribution in [2.75, 3.05) is 36.5 Å². The van der Waals surface area contributed by atoms with Crippen LogP contribution in [0.15, 0.2) is 53.7 Å². The summed E-state index contributed by atoms with van der Waals surface area (Å²) < 4.78 is 47.6. The zero-order valence-corrected chi connectivity index (χ0v) is 18.8. The Bertz CT molecular complexity index is 1100. The van der Waals surface area contributed by atoms with Crippen LogP contribution in [0, 0.1) is 0 Å². The molecule has 1 atom stereocenters. The first kappa shape index (κ1) is 23.8. The highest BCUT2D eigenvalue weighted by Crippen LogP contribution is 2.27. The molecule has 0 unspecified atom stereocenters. The maximum Gasteiger partial charge on any atom is 0.573 e. The lowest BCUT2D eigenvalue weighted by atomic mass is 10.2. The third kappa shape index (κ3) is 6.17. The van der Waals surface area contributed by atoms with Crippen LogP contribution in [-0.2, 0) is 9.53 Å². The molecule has 1 aliphatic heterocycles. The summed E-state index contributed by atoms with van der Waals surface area (Å²) >= 11 is 1.12. The highest BCUT2D eigenvalue weighted by Gasteiger charge is 2.31. The second-order valence-corrected chi connectivity index (χ2v) is 8.62. The average molecular weight is 494 g/mol. The Hall–Kier alpha value is -3.32. The number of nitrogens with zero attached hydrogens (tertiary/aromatic N) is 5. The Balaban J connectivity index is 1.36. The van der Waals surface area contributed by atoms with Gasteiger partial charge in [-0.2, -0.15) is 4.68 Å². The Labute approximate surface area is 197 Å². The first-order valence-corrected chi connectivity index (χ1v) is 11.2. The molecule has 2 heterocycles. The Morgan fingerprint density at radius 2 is 1.74 bits per heavy atom. The summed E-state index contributed by atoms with van der Waals surface area (Å²) in [7, 11) is 0. The van der Waals surface area contributed by atoms with Crippen molar-refractivity contribution in [3.05, 3.63) is 48.5 Å². The second kappa shape index (κ2) is 10.3. The predicted octanol–water partition coefficient (Wildman–Crippen LogP) is 3.52. The Kier molecular flexibility index (Phi) is 7.22. The number of benzene rings is 2.